The molecule has 1 atom stereocenters. The Morgan fingerprint density at radius 3 is 2.54 bits per heavy atom. The second kappa shape index (κ2) is 5.59. The number of benzene rings is 2. The highest BCUT2D eigenvalue weighted by Gasteiger charge is 2.35. The van der Waals surface area contributed by atoms with Crippen molar-refractivity contribution in [3.05, 3.63) is 64.7 Å². The largest absolute Gasteiger partial charge is 0.274 e. The highest BCUT2D eigenvalue weighted by Crippen LogP contribution is 2.38. The Morgan fingerprint density at radius 2 is 1.77 bits per heavy atom. The normalized spacial score (nSPS) is 18.5. The van der Waals surface area contributed by atoms with Crippen LogP contribution in [-0.2, 0) is 0 Å². The van der Waals surface area contributed by atoms with Crippen LogP contribution in [0.15, 0.2) is 35.3 Å². The maximum absolute atomic E-state index is 13.8. The zero-order valence-electron chi connectivity index (χ0n) is 14.4. The van der Waals surface area contributed by atoms with Gasteiger partial charge < -0.3 is 0 Å². The van der Waals surface area contributed by atoms with Gasteiger partial charge >= 0.3 is 0 Å². The minimum Gasteiger partial charge on any atom is -0.274 e. The lowest BCUT2D eigenvalue weighted by molar-refractivity contribution is 0.430. The maximum Gasteiger partial charge on any atom is 0.201 e. The van der Waals surface area contributed by atoms with Crippen molar-refractivity contribution in [2.75, 3.05) is 0 Å². The summed E-state index contributed by atoms with van der Waals surface area (Å²) < 4.78 is 41.0. The van der Waals surface area contributed by atoms with E-state index >= 15 is 0 Å². The number of hydrogen-bond acceptors (Lipinski definition) is 4. The van der Waals surface area contributed by atoms with Crippen molar-refractivity contribution < 1.29 is 13.2 Å². The number of halogens is 3. The average molecular weight is 356 g/mol. The minimum absolute atomic E-state index is 0.0168. The fourth-order valence-corrected chi connectivity index (χ4v) is 3.15. The summed E-state index contributed by atoms with van der Waals surface area (Å²) in [6, 6.07) is 6.81. The highest BCUT2D eigenvalue weighted by atomic mass is 19.2. The number of rotatable bonds is 1. The molecule has 0 amide bonds. The van der Waals surface area contributed by atoms with Crippen LogP contribution in [0.2, 0.25) is 0 Å². The van der Waals surface area contributed by atoms with Gasteiger partial charge in [-0.3, -0.25) is 4.99 Å². The fourth-order valence-electron chi connectivity index (χ4n) is 3.15. The van der Waals surface area contributed by atoms with Crippen LogP contribution < -0.4 is 0 Å². The van der Waals surface area contributed by atoms with Gasteiger partial charge in [0.25, 0.3) is 0 Å². The van der Waals surface area contributed by atoms with Crippen LogP contribution in [-0.4, -0.2) is 26.4 Å². The van der Waals surface area contributed by atoms with Crippen LogP contribution >= 0.6 is 0 Å². The van der Waals surface area contributed by atoms with Crippen molar-refractivity contribution in [3.8, 4) is 0 Å². The molecular weight excluding hydrogens is 341 g/mol. The Balaban J connectivity index is 1.95. The smallest absolute Gasteiger partial charge is 0.201 e. The zero-order valence-corrected chi connectivity index (χ0v) is 14.4. The molecule has 0 radical (unpaired) electrons. The maximum atomic E-state index is 13.8. The molecule has 0 saturated heterocycles. The summed E-state index contributed by atoms with van der Waals surface area (Å²) in [7, 11) is 0. The topological polar surface area (TPSA) is 51.0 Å². The summed E-state index contributed by atoms with van der Waals surface area (Å²) in [4.78, 5) is 9.05. The van der Waals surface area contributed by atoms with Crippen LogP contribution in [0.3, 0.4) is 0 Å². The van der Waals surface area contributed by atoms with Gasteiger partial charge in [0.1, 0.15) is 11.5 Å². The first-order chi connectivity index (χ1) is 12.3. The van der Waals surface area contributed by atoms with Crippen LogP contribution in [0.4, 0.5) is 13.2 Å². The van der Waals surface area contributed by atoms with Crippen LogP contribution in [0.5, 0.6) is 0 Å². The number of hydrogen-bond donors (Lipinski definition) is 0. The van der Waals surface area contributed by atoms with E-state index in [4.69, 9.17) is 4.99 Å². The molecular formula is C19H15F3N4. The summed E-state index contributed by atoms with van der Waals surface area (Å²) in [5.74, 6) is -2.25. The molecule has 4 nitrogen and oxygen atoms in total. The van der Waals surface area contributed by atoms with E-state index in [9.17, 15) is 13.2 Å². The Hall–Kier alpha value is -2.83. The number of fused-ring (bicyclic) bond motifs is 2. The summed E-state index contributed by atoms with van der Waals surface area (Å²) in [6.07, 6.45) is 0. The Bertz CT molecular complexity index is 1080. The Morgan fingerprint density at radius 1 is 1.00 bits per heavy atom. The SMILES string of the molecule is CC1c2cc(F)ccc2C(c2nnc3c(F)c(F)ccc3n2)=NC1(C)C. The van der Waals surface area contributed by atoms with E-state index in [0.29, 0.717) is 11.3 Å². The molecule has 1 aliphatic heterocycles. The molecule has 0 bridgehead atoms. The first-order valence-electron chi connectivity index (χ1n) is 8.16. The second-order valence-corrected chi connectivity index (χ2v) is 6.93. The van der Waals surface area contributed by atoms with Gasteiger partial charge in [0, 0.05) is 11.5 Å². The molecule has 1 unspecified atom stereocenters. The lowest BCUT2D eigenvalue weighted by atomic mass is 9.77. The number of aliphatic imine (C=N–C) groups is 1. The van der Waals surface area contributed by atoms with Gasteiger partial charge in [0.05, 0.1) is 11.1 Å². The summed E-state index contributed by atoms with van der Waals surface area (Å²) in [6.45, 7) is 5.86. The lowest BCUT2D eigenvalue weighted by Crippen LogP contribution is -2.33. The van der Waals surface area contributed by atoms with E-state index in [0.717, 1.165) is 11.6 Å². The van der Waals surface area contributed by atoms with Crippen LogP contribution in [0, 0.1) is 17.5 Å². The second-order valence-electron chi connectivity index (χ2n) is 6.93. The van der Waals surface area contributed by atoms with Crippen molar-refractivity contribution in [1.29, 1.82) is 0 Å². The van der Waals surface area contributed by atoms with Gasteiger partial charge in [-0.15, -0.1) is 10.2 Å². The predicted octanol–water partition coefficient (Wildman–Crippen LogP) is 4.18. The minimum atomic E-state index is -1.09. The van der Waals surface area contributed by atoms with Gasteiger partial charge in [-0.2, -0.15) is 0 Å². The fraction of sp³-hybridized carbons (Fsp3) is 0.263. The Labute approximate surface area is 147 Å². The van der Waals surface area contributed by atoms with Gasteiger partial charge in [-0.05, 0) is 49.7 Å². The van der Waals surface area contributed by atoms with Gasteiger partial charge in [0.2, 0.25) is 5.82 Å². The van der Waals surface area contributed by atoms with Crippen molar-refractivity contribution in [2.24, 2.45) is 4.99 Å². The molecule has 7 heteroatoms. The van der Waals surface area contributed by atoms with E-state index in [1.165, 1.54) is 18.2 Å². The molecule has 26 heavy (non-hydrogen) atoms. The monoisotopic (exact) mass is 356 g/mol. The number of aromatic nitrogens is 3. The first-order valence-corrected chi connectivity index (χ1v) is 8.16. The molecule has 1 aromatic heterocycles. The predicted molar refractivity (Wildman–Crippen MR) is 91.8 cm³/mol. The Kier molecular flexibility index (Phi) is 3.57. The third-order valence-electron chi connectivity index (χ3n) is 4.93. The molecule has 0 fully saturated rings. The summed E-state index contributed by atoms with van der Waals surface area (Å²) in [5.41, 5.74) is 1.40. The third kappa shape index (κ3) is 2.46. The third-order valence-corrected chi connectivity index (χ3v) is 4.93. The van der Waals surface area contributed by atoms with E-state index in [1.54, 1.807) is 6.07 Å². The van der Waals surface area contributed by atoms with Crippen LogP contribution in [0.1, 0.15) is 43.6 Å². The molecule has 0 saturated carbocycles. The van der Waals surface area contributed by atoms with Crippen molar-refractivity contribution in [2.45, 2.75) is 32.2 Å². The van der Waals surface area contributed by atoms with E-state index in [-0.39, 0.29) is 28.6 Å². The molecule has 1 aliphatic rings. The summed E-state index contributed by atoms with van der Waals surface area (Å²) in [5, 5.41) is 7.74. The molecule has 132 valence electrons. The van der Waals surface area contributed by atoms with E-state index in [1.807, 2.05) is 20.8 Å². The standard InChI is InChI=1S/C19H15F3N4/c1-9-12-8-10(20)4-5-11(12)16(24-19(9,2)3)18-23-14-7-6-13(21)15(22)17(14)25-26-18/h4-9H,1-3H3. The quantitative estimate of drug-likeness (QED) is 0.657. The average Bonchev–Trinajstić information content (AvgIpc) is 2.61. The first kappa shape index (κ1) is 16.6. The molecule has 2 aromatic carbocycles. The molecule has 0 N–H and O–H groups in total. The lowest BCUT2D eigenvalue weighted by Gasteiger charge is -2.35. The van der Waals surface area contributed by atoms with Crippen LogP contribution in [0.25, 0.3) is 11.0 Å². The van der Waals surface area contributed by atoms with Crippen molar-refractivity contribution >= 4 is 16.7 Å². The zero-order chi connectivity index (χ0) is 18.6. The molecule has 4 rings (SSSR count). The summed E-state index contributed by atoms with van der Waals surface area (Å²) >= 11 is 0. The van der Waals surface area contributed by atoms with Gasteiger partial charge in [-0.25, -0.2) is 18.2 Å². The molecule has 0 aliphatic carbocycles. The van der Waals surface area contributed by atoms with Gasteiger partial charge in [-0.1, -0.05) is 6.92 Å². The van der Waals surface area contributed by atoms with Crippen molar-refractivity contribution in [3.63, 3.8) is 0 Å². The van der Waals surface area contributed by atoms with Crippen molar-refractivity contribution in [1.82, 2.24) is 15.2 Å². The van der Waals surface area contributed by atoms with E-state index < -0.39 is 17.2 Å². The molecule has 2 heterocycles. The van der Waals surface area contributed by atoms with Gasteiger partial charge in [0.15, 0.2) is 17.2 Å². The molecule has 3 aromatic rings. The molecule has 0 spiro atoms. The number of nitrogens with zero attached hydrogens (tertiary/aromatic N) is 4. The van der Waals surface area contributed by atoms with E-state index in [2.05, 4.69) is 15.2 Å². The highest BCUT2D eigenvalue weighted by molar-refractivity contribution is 6.13.